The minimum Gasteiger partial charge on any atom is -0.498 e. The molecule has 0 radical (unpaired) electrons. The number of fused-ring (bicyclic) bond motifs is 1. The lowest BCUT2D eigenvalue weighted by atomic mass is 9.70. The molecule has 53 heavy (non-hydrogen) atoms. The number of ether oxygens (including phenoxy) is 5. The third-order valence-electron chi connectivity index (χ3n) is 9.37. The van der Waals surface area contributed by atoms with Gasteiger partial charge in [0.25, 0.3) is 0 Å². The van der Waals surface area contributed by atoms with Gasteiger partial charge < -0.3 is 23.7 Å². The van der Waals surface area contributed by atoms with Gasteiger partial charge in [0.05, 0.1) is 24.5 Å². The van der Waals surface area contributed by atoms with Gasteiger partial charge in [0.2, 0.25) is 0 Å². The Hall–Kier alpha value is -4.00. The van der Waals surface area contributed by atoms with Crippen molar-refractivity contribution in [2.45, 2.75) is 134 Å². The lowest BCUT2D eigenvalue weighted by Crippen LogP contribution is -2.29. The summed E-state index contributed by atoms with van der Waals surface area (Å²) in [5.41, 5.74) is 2.81. The van der Waals surface area contributed by atoms with Gasteiger partial charge in [0.1, 0.15) is 23.7 Å². The average Bonchev–Trinajstić information content (AvgIpc) is 3.23. The van der Waals surface area contributed by atoms with Gasteiger partial charge in [-0.05, 0) is 117 Å². The zero-order chi connectivity index (χ0) is 39.4. The van der Waals surface area contributed by atoms with Crippen LogP contribution < -0.4 is 0 Å². The van der Waals surface area contributed by atoms with Gasteiger partial charge in [-0.15, -0.1) is 0 Å². The maximum atomic E-state index is 13.0. The molecule has 0 N–H and O–H groups in total. The van der Waals surface area contributed by atoms with Crippen molar-refractivity contribution >= 4 is 12.1 Å². The molecule has 3 aliphatic rings. The fourth-order valence-electron chi connectivity index (χ4n) is 6.41. The molecule has 7 heteroatoms. The van der Waals surface area contributed by atoms with Crippen LogP contribution in [0.25, 0.3) is 0 Å². The summed E-state index contributed by atoms with van der Waals surface area (Å²) >= 11 is 0. The summed E-state index contributed by atoms with van der Waals surface area (Å²) < 4.78 is 30.6. The zero-order valence-electron chi connectivity index (χ0n) is 34.6. The van der Waals surface area contributed by atoms with E-state index in [-0.39, 0.29) is 17.3 Å². The Balaban J connectivity index is 2.29. The minimum atomic E-state index is -0.753. The largest absolute Gasteiger partial charge is 0.514 e. The quantitative estimate of drug-likeness (QED) is 0.155. The number of carbonyl (C=O) groups is 2. The molecule has 3 atom stereocenters. The predicted molar refractivity (Wildman–Crippen MR) is 214 cm³/mol. The smallest absolute Gasteiger partial charge is 0.498 e. The first kappa shape index (κ1) is 43.4. The van der Waals surface area contributed by atoms with Gasteiger partial charge in [-0.3, -0.25) is 4.79 Å². The van der Waals surface area contributed by atoms with Crippen LogP contribution in [0.1, 0.15) is 128 Å². The van der Waals surface area contributed by atoms with E-state index in [1.54, 1.807) is 0 Å². The molecule has 2 aliphatic carbocycles. The number of unbranched alkanes of at least 4 members (excludes halogenated alkanes) is 1. The van der Waals surface area contributed by atoms with E-state index in [2.05, 4.69) is 58.9 Å². The molecule has 0 aromatic carbocycles. The average molecular weight is 731 g/mol. The van der Waals surface area contributed by atoms with Crippen molar-refractivity contribution in [3.63, 3.8) is 0 Å². The highest BCUT2D eigenvalue weighted by molar-refractivity contribution is 5.72. The zero-order valence-corrected chi connectivity index (χ0v) is 34.6. The Morgan fingerprint density at radius 2 is 1.75 bits per heavy atom. The van der Waals surface area contributed by atoms with Crippen LogP contribution in [-0.4, -0.2) is 30.9 Å². The normalized spacial score (nSPS) is 26.0. The summed E-state index contributed by atoms with van der Waals surface area (Å²) in [6.07, 6.45) is 25.1. The fraction of sp³-hybridized carbons (Fsp3) is 0.565. The Bertz CT molecular complexity index is 1590. The van der Waals surface area contributed by atoms with Crippen molar-refractivity contribution < 1.29 is 33.3 Å². The Morgan fingerprint density at radius 3 is 2.40 bits per heavy atom. The molecule has 0 saturated carbocycles. The minimum absolute atomic E-state index is 0.146. The monoisotopic (exact) mass is 730 g/mol. The highest BCUT2D eigenvalue weighted by Gasteiger charge is 2.36. The summed E-state index contributed by atoms with van der Waals surface area (Å²) in [5.74, 6) is 2.60. The van der Waals surface area contributed by atoms with Gasteiger partial charge in [0, 0.05) is 17.8 Å². The molecule has 0 aromatic heterocycles. The molecule has 292 valence electrons. The number of carbonyl (C=O) groups excluding carboxylic acids is 2. The summed E-state index contributed by atoms with van der Waals surface area (Å²) in [6, 6.07) is 0. The van der Waals surface area contributed by atoms with Crippen LogP contribution in [0.3, 0.4) is 0 Å². The van der Waals surface area contributed by atoms with Crippen LogP contribution in [0.2, 0.25) is 0 Å². The Labute approximate surface area is 320 Å². The number of hydrogen-bond acceptors (Lipinski definition) is 7. The van der Waals surface area contributed by atoms with Gasteiger partial charge in [0.15, 0.2) is 0 Å². The Morgan fingerprint density at radius 1 is 1.02 bits per heavy atom. The van der Waals surface area contributed by atoms with E-state index in [1.165, 1.54) is 0 Å². The van der Waals surface area contributed by atoms with Crippen LogP contribution >= 0.6 is 0 Å². The summed E-state index contributed by atoms with van der Waals surface area (Å²) in [5, 5.41) is 0. The van der Waals surface area contributed by atoms with Crippen LogP contribution in [0.5, 0.6) is 0 Å². The molecule has 0 amide bonds. The predicted octanol–water partition coefficient (Wildman–Crippen LogP) is 12.5. The lowest BCUT2D eigenvalue weighted by Gasteiger charge is -2.37. The third kappa shape index (κ3) is 14.4. The van der Waals surface area contributed by atoms with Crippen LogP contribution in [0.4, 0.5) is 4.79 Å². The van der Waals surface area contributed by atoms with Crippen molar-refractivity contribution in [1.82, 2.24) is 0 Å². The summed E-state index contributed by atoms with van der Waals surface area (Å²) in [6.45, 7) is 25.1. The SMILES string of the molecule is CCC/C=C(/CC)OCC1CC2(C)C=C(OC(=O)CC(C)(C)C)C=C/C2=C/C=C(\C)OC/C1=C1/C=C(OC(=O)OC(C)(C)C)C=CC/C1=C/C(C)CC. The highest BCUT2D eigenvalue weighted by atomic mass is 16.7. The first-order valence-corrected chi connectivity index (χ1v) is 19.5. The van der Waals surface area contributed by atoms with Crippen LogP contribution in [-0.2, 0) is 28.5 Å². The van der Waals surface area contributed by atoms with E-state index < -0.39 is 17.2 Å². The molecule has 0 bridgehead atoms. The molecule has 0 saturated heterocycles. The molecule has 0 spiro atoms. The van der Waals surface area contributed by atoms with E-state index >= 15 is 0 Å². The van der Waals surface area contributed by atoms with Crippen molar-refractivity contribution in [2.75, 3.05) is 13.2 Å². The molecule has 1 heterocycles. The van der Waals surface area contributed by atoms with Gasteiger partial charge in [-0.1, -0.05) is 92.5 Å². The maximum Gasteiger partial charge on any atom is 0.514 e. The summed E-state index contributed by atoms with van der Waals surface area (Å²) in [7, 11) is 0. The lowest BCUT2D eigenvalue weighted by molar-refractivity contribution is -0.141. The fourth-order valence-corrected chi connectivity index (χ4v) is 6.41. The maximum absolute atomic E-state index is 13.0. The molecule has 0 fully saturated rings. The van der Waals surface area contributed by atoms with Gasteiger partial charge in [-0.25, -0.2) is 4.79 Å². The molecular formula is C46H66O7. The van der Waals surface area contributed by atoms with E-state index in [0.29, 0.717) is 49.9 Å². The first-order valence-electron chi connectivity index (χ1n) is 19.5. The van der Waals surface area contributed by atoms with Crippen molar-refractivity contribution in [3.05, 3.63) is 106 Å². The number of allylic oxidation sites excluding steroid dienone is 15. The van der Waals surface area contributed by atoms with Gasteiger partial charge >= 0.3 is 12.1 Å². The van der Waals surface area contributed by atoms with Crippen LogP contribution in [0, 0.1) is 22.7 Å². The second kappa shape index (κ2) is 19.4. The van der Waals surface area contributed by atoms with E-state index in [1.807, 2.05) is 84.9 Å². The van der Waals surface area contributed by atoms with Crippen molar-refractivity contribution in [1.29, 1.82) is 0 Å². The molecular weight excluding hydrogens is 664 g/mol. The molecule has 3 unspecified atom stereocenters. The molecule has 1 aliphatic heterocycles. The van der Waals surface area contributed by atoms with Crippen LogP contribution in [0.15, 0.2) is 106 Å². The first-order chi connectivity index (χ1) is 24.8. The van der Waals surface area contributed by atoms with Crippen molar-refractivity contribution in [2.24, 2.45) is 22.7 Å². The Kier molecular flexibility index (Phi) is 15.9. The van der Waals surface area contributed by atoms with Crippen molar-refractivity contribution in [3.8, 4) is 0 Å². The second-order valence-corrected chi connectivity index (χ2v) is 17.0. The molecule has 3 rings (SSSR count). The second-order valence-electron chi connectivity index (χ2n) is 17.0. The summed E-state index contributed by atoms with van der Waals surface area (Å²) in [4.78, 5) is 25.9. The third-order valence-corrected chi connectivity index (χ3v) is 9.37. The topological polar surface area (TPSA) is 80.3 Å². The molecule has 7 nitrogen and oxygen atoms in total. The number of esters is 1. The van der Waals surface area contributed by atoms with E-state index in [4.69, 9.17) is 23.7 Å². The van der Waals surface area contributed by atoms with E-state index in [9.17, 15) is 9.59 Å². The van der Waals surface area contributed by atoms with Gasteiger partial charge in [-0.2, -0.15) is 0 Å². The number of hydrogen-bond donors (Lipinski definition) is 0. The molecule has 0 aromatic rings. The standard InChI is InChI=1S/C46H66O7/c1-13-16-19-37(15-3)50-30-35-27-46(12)28-39(51-42(47)29-44(6,7)8)24-23-36(46)22-21-33(5)49-31-41(35)40-26-38(52-43(48)53-45(9,10)11)20-17-18-34(40)25-32(4)14-2/h17,19-26,28,32,35H,13-16,18,27,29-31H2,1-12H3/b33-21+,34-25-,36-22-,37-19-,41-40+. The highest BCUT2D eigenvalue weighted by Crippen LogP contribution is 2.45. The van der Waals surface area contributed by atoms with E-state index in [0.717, 1.165) is 59.5 Å². The number of rotatable bonds is 11.